The Kier molecular flexibility index (Phi) is 6.78. The molecule has 0 bridgehead atoms. The molecule has 1 aliphatic heterocycles. The highest BCUT2D eigenvalue weighted by molar-refractivity contribution is 9.10. The Morgan fingerprint density at radius 2 is 1.35 bits per heavy atom. The normalized spacial score (nSPS) is 14.1. The van der Waals surface area contributed by atoms with Crippen LogP contribution in [0.5, 0.6) is 0 Å². The highest BCUT2D eigenvalue weighted by Gasteiger charge is 2.40. The van der Waals surface area contributed by atoms with E-state index in [4.69, 9.17) is 0 Å². The van der Waals surface area contributed by atoms with Crippen LogP contribution in [0.4, 0.5) is 0 Å². The molecule has 6 nitrogen and oxygen atoms in total. The zero-order chi connectivity index (χ0) is 26.0. The summed E-state index contributed by atoms with van der Waals surface area (Å²) in [5.74, 6) is -0.994. The Balaban J connectivity index is 1.76. The van der Waals surface area contributed by atoms with Gasteiger partial charge in [0.1, 0.15) is 5.70 Å². The summed E-state index contributed by atoms with van der Waals surface area (Å²) < 4.78 is 29.5. The molecule has 0 spiro atoms. The quantitative estimate of drug-likeness (QED) is 0.303. The summed E-state index contributed by atoms with van der Waals surface area (Å²) in [6, 6.07) is 30.7. The molecule has 0 unspecified atom stereocenters. The standard InChI is InChI=1S/C29H21BrN2O4S/c30-24-17-9-7-15-22(24)29(34)31-26-23-16-8-10-18-25(23)37(35,36)32(19-20-11-3-1-4-12-20)27(26)28(33)21-13-5-2-6-14-21/h1-18H,19H2,(H,31,34). The molecule has 0 fully saturated rings. The number of carbonyl (C=O) groups excluding carboxylic acids is 2. The minimum atomic E-state index is -4.13. The summed E-state index contributed by atoms with van der Waals surface area (Å²) in [5, 5.41) is 2.87. The van der Waals surface area contributed by atoms with Gasteiger partial charge in [0.25, 0.3) is 15.9 Å². The highest BCUT2D eigenvalue weighted by atomic mass is 79.9. The van der Waals surface area contributed by atoms with Gasteiger partial charge in [-0.2, -0.15) is 0 Å². The van der Waals surface area contributed by atoms with Crippen molar-refractivity contribution < 1.29 is 18.0 Å². The van der Waals surface area contributed by atoms with E-state index in [1.54, 1.807) is 97.1 Å². The fourth-order valence-corrected chi connectivity index (χ4v) is 6.34. The van der Waals surface area contributed by atoms with E-state index in [1.807, 2.05) is 6.07 Å². The van der Waals surface area contributed by atoms with Crippen molar-refractivity contribution in [2.24, 2.45) is 0 Å². The second-order valence-corrected chi connectivity index (χ2v) is 11.0. The van der Waals surface area contributed by atoms with Gasteiger partial charge < -0.3 is 5.32 Å². The Labute approximate surface area is 223 Å². The molecule has 1 amide bonds. The Morgan fingerprint density at radius 1 is 0.757 bits per heavy atom. The smallest absolute Gasteiger partial charge is 0.265 e. The van der Waals surface area contributed by atoms with Crippen molar-refractivity contribution >= 4 is 43.3 Å². The first kappa shape index (κ1) is 24.7. The molecule has 1 N–H and O–H groups in total. The van der Waals surface area contributed by atoms with Crippen LogP contribution in [0.15, 0.2) is 124 Å². The highest BCUT2D eigenvalue weighted by Crippen LogP contribution is 2.38. The van der Waals surface area contributed by atoms with Crippen molar-refractivity contribution in [1.82, 2.24) is 9.62 Å². The molecule has 8 heteroatoms. The first-order valence-corrected chi connectivity index (χ1v) is 13.7. The zero-order valence-electron chi connectivity index (χ0n) is 19.5. The third kappa shape index (κ3) is 4.73. The SMILES string of the molecule is O=C(C1=C(NC(=O)c2ccccc2Br)c2ccccc2S(=O)(=O)N1Cc1ccccc1)c1ccccc1. The summed E-state index contributed by atoms with van der Waals surface area (Å²) in [7, 11) is -4.13. The van der Waals surface area contributed by atoms with Crippen LogP contribution in [0.25, 0.3) is 5.70 Å². The monoisotopic (exact) mass is 572 g/mol. The maximum atomic E-state index is 14.0. The molecule has 37 heavy (non-hydrogen) atoms. The molecule has 1 aliphatic rings. The molecule has 184 valence electrons. The molecule has 4 aromatic carbocycles. The fourth-order valence-electron chi connectivity index (χ4n) is 4.21. The Hall–Kier alpha value is -4.01. The molecule has 1 heterocycles. The number of fused-ring (bicyclic) bond motifs is 1. The third-order valence-electron chi connectivity index (χ3n) is 5.99. The van der Waals surface area contributed by atoms with E-state index in [1.165, 1.54) is 6.07 Å². The fraction of sp³-hybridized carbons (Fsp3) is 0.0345. The number of ketones is 1. The van der Waals surface area contributed by atoms with E-state index in [9.17, 15) is 18.0 Å². The van der Waals surface area contributed by atoms with Crippen LogP contribution in [-0.4, -0.2) is 24.4 Å². The van der Waals surface area contributed by atoms with Gasteiger partial charge in [-0.15, -0.1) is 0 Å². The number of rotatable bonds is 6. The largest absolute Gasteiger partial charge is 0.319 e. The van der Waals surface area contributed by atoms with Gasteiger partial charge in [-0.25, -0.2) is 8.42 Å². The second-order valence-electron chi connectivity index (χ2n) is 8.35. The number of benzene rings is 4. The van der Waals surface area contributed by atoms with Gasteiger partial charge >= 0.3 is 0 Å². The number of nitrogens with one attached hydrogen (secondary N) is 1. The topological polar surface area (TPSA) is 83.5 Å². The molecule has 0 atom stereocenters. The van der Waals surface area contributed by atoms with Crippen LogP contribution < -0.4 is 5.32 Å². The zero-order valence-corrected chi connectivity index (χ0v) is 21.9. The average Bonchev–Trinajstić information content (AvgIpc) is 2.92. The van der Waals surface area contributed by atoms with Crippen LogP contribution >= 0.6 is 15.9 Å². The number of allylic oxidation sites excluding steroid dienone is 1. The van der Waals surface area contributed by atoms with E-state index in [0.717, 1.165) is 4.31 Å². The lowest BCUT2D eigenvalue weighted by Crippen LogP contribution is -2.41. The minimum Gasteiger partial charge on any atom is -0.319 e. The predicted octanol–water partition coefficient (Wildman–Crippen LogP) is 5.64. The summed E-state index contributed by atoms with van der Waals surface area (Å²) in [5.41, 5.74) is 1.62. The molecule has 0 aromatic heterocycles. The number of Topliss-reactive ketones (excluding diaryl/α,β-unsaturated/α-hetero) is 1. The summed E-state index contributed by atoms with van der Waals surface area (Å²) in [6.07, 6.45) is 0. The van der Waals surface area contributed by atoms with Gasteiger partial charge in [0.15, 0.2) is 0 Å². The lowest BCUT2D eigenvalue weighted by molar-refractivity contribution is 0.0971. The lowest BCUT2D eigenvalue weighted by atomic mass is 10.0. The van der Waals surface area contributed by atoms with E-state index in [0.29, 0.717) is 21.2 Å². The van der Waals surface area contributed by atoms with Crippen LogP contribution in [0.3, 0.4) is 0 Å². The van der Waals surface area contributed by atoms with Crippen molar-refractivity contribution in [3.05, 3.63) is 142 Å². The first-order valence-electron chi connectivity index (χ1n) is 11.4. The number of hydrogen-bond acceptors (Lipinski definition) is 4. The number of amides is 1. The molecule has 4 aromatic rings. The average molecular weight is 573 g/mol. The third-order valence-corrected chi connectivity index (χ3v) is 8.48. The van der Waals surface area contributed by atoms with Crippen molar-refractivity contribution in [2.75, 3.05) is 0 Å². The number of carbonyl (C=O) groups is 2. The van der Waals surface area contributed by atoms with Gasteiger partial charge in [-0.05, 0) is 39.7 Å². The molecular formula is C29H21BrN2O4S. The summed E-state index contributed by atoms with van der Waals surface area (Å²) >= 11 is 3.40. The van der Waals surface area contributed by atoms with Crippen molar-refractivity contribution in [3.63, 3.8) is 0 Å². The van der Waals surface area contributed by atoms with E-state index in [2.05, 4.69) is 21.2 Å². The number of nitrogens with zero attached hydrogens (tertiary/aromatic N) is 1. The number of hydrogen-bond donors (Lipinski definition) is 1. The van der Waals surface area contributed by atoms with E-state index >= 15 is 0 Å². The van der Waals surface area contributed by atoms with E-state index in [-0.39, 0.29) is 28.4 Å². The maximum absolute atomic E-state index is 14.0. The predicted molar refractivity (Wildman–Crippen MR) is 145 cm³/mol. The molecular weight excluding hydrogens is 552 g/mol. The maximum Gasteiger partial charge on any atom is 0.265 e. The van der Waals surface area contributed by atoms with Gasteiger partial charge in [0, 0.05) is 15.6 Å². The molecule has 0 radical (unpaired) electrons. The van der Waals surface area contributed by atoms with Gasteiger partial charge in [0.05, 0.1) is 22.7 Å². The minimum absolute atomic E-state index is 0.0120. The number of sulfonamides is 1. The number of halogens is 1. The molecule has 5 rings (SSSR count). The Bertz CT molecular complexity index is 1640. The Morgan fingerprint density at radius 3 is 2.05 bits per heavy atom. The van der Waals surface area contributed by atoms with Crippen LogP contribution in [-0.2, 0) is 16.6 Å². The van der Waals surface area contributed by atoms with Crippen LogP contribution in [0.1, 0.15) is 31.8 Å². The summed E-state index contributed by atoms with van der Waals surface area (Å²) in [4.78, 5) is 27.4. The first-order chi connectivity index (χ1) is 17.9. The van der Waals surface area contributed by atoms with Gasteiger partial charge in [-0.3, -0.25) is 13.9 Å². The van der Waals surface area contributed by atoms with Crippen LogP contribution in [0.2, 0.25) is 0 Å². The van der Waals surface area contributed by atoms with Crippen molar-refractivity contribution in [3.8, 4) is 0 Å². The second kappa shape index (κ2) is 10.2. The summed E-state index contributed by atoms with van der Waals surface area (Å²) in [6.45, 7) is -0.0835. The van der Waals surface area contributed by atoms with Gasteiger partial charge in [-0.1, -0.05) is 91.0 Å². The van der Waals surface area contributed by atoms with Crippen LogP contribution in [0, 0.1) is 0 Å². The van der Waals surface area contributed by atoms with E-state index < -0.39 is 21.7 Å². The molecule has 0 aliphatic carbocycles. The lowest BCUT2D eigenvalue weighted by Gasteiger charge is -2.34. The molecule has 0 saturated carbocycles. The van der Waals surface area contributed by atoms with Crippen molar-refractivity contribution in [2.45, 2.75) is 11.4 Å². The van der Waals surface area contributed by atoms with Gasteiger partial charge in [0.2, 0.25) is 5.78 Å². The van der Waals surface area contributed by atoms with Crippen molar-refractivity contribution in [1.29, 1.82) is 0 Å². The molecule has 0 saturated heterocycles.